The summed E-state index contributed by atoms with van der Waals surface area (Å²) in [7, 11) is 0. The van der Waals surface area contributed by atoms with Crippen LogP contribution in [0.15, 0.2) is 16.9 Å². The number of ether oxygens (including phenoxy) is 1. The number of nitrogens with two attached hydrogens (primary N) is 1. The number of aliphatic hydroxyl groups is 3. The topological polar surface area (TPSA) is 129 Å². The van der Waals surface area contributed by atoms with E-state index < -0.39 is 24.5 Å². The Bertz CT molecular complexity index is 399. The molecule has 1 aliphatic heterocycles. The predicted molar refractivity (Wildman–Crippen MR) is 87.3 cm³/mol. The van der Waals surface area contributed by atoms with Gasteiger partial charge in [0.15, 0.2) is 6.23 Å². The molecule has 1 saturated heterocycles. The standard InChI is InChI=1S/C13H24N2O4.C2H5NO/c1-4-5-9(2)7-15(14-3)12-6-10(17)13(18)11(8-16)19-12;1-2(3)4/h7,10-13,16-18H,3-6,8H2,1-2H3;1H3,(H2,3,4)/b9-7-;. The third-order valence-corrected chi connectivity index (χ3v) is 3.19. The van der Waals surface area contributed by atoms with E-state index in [9.17, 15) is 15.0 Å². The minimum absolute atomic E-state index is 0.215. The van der Waals surface area contributed by atoms with Gasteiger partial charge in [0.2, 0.25) is 5.91 Å². The van der Waals surface area contributed by atoms with Crippen LogP contribution >= 0.6 is 0 Å². The molecule has 0 aliphatic carbocycles. The van der Waals surface area contributed by atoms with Gasteiger partial charge in [0.25, 0.3) is 0 Å². The smallest absolute Gasteiger partial charge is 0.214 e. The molecule has 5 N–H and O–H groups in total. The van der Waals surface area contributed by atoms with Crippen LogP contribution in [-0.4, -0.2) is 64.1 Å². The minimum atomic E-state index is -1.08. The second kappa shape index (κ2) is 11.1. The summed E-state index contributed by atoms with van der Waals surface area (Å²) in [4.78, 5) is 9.22. The van der Waals surface area contributed by atoms with Gasteiger partial charge in [-0.1, -0.05) is 18.9 Å². The monoisotopic (exact) mass is 331 g/mol. The zero-order valence-electron chi connectivity index (χ0n) is 14.1. The molecule has 1 aliphatic rings. The Morgan fingerprint density at radius 1 is 1.48 bits per heavy atom. The van der Waals surface area contributed by atoms with Crippen molar-refractivity contribution in [2.45, 2.75) is 64.6 Å². The third kappa shape index (κ3) is 8.08. The van der Waals surface area contributed by atoms with Crippen LogP contribution < -0.4 is 5.73 Å². The van der Waals surface area contributed by atoms with Crippen molar-refractivity contribution in [1.29, 1.82) is 0 Å². The number of hydrogen-bond acceptors (Lipinski definition) is 7. The van der Waals surface area contributed by atoms with Gasteiger partial charge < -0.3 is 25.8 Å². The molecule has 0 aromatic rings. The molecule has 0 saturated carbocycles. The summed E-state index contributed by atoms with van der Waals surface area (Å²) in [6.07, 6.45) is 0.644. The first-order valence-corrected chi connectivity index (χ1v) is 7.57. The Morgan fingerprint density at radius 3 is 2.48 bits per heavy atom. The molecule has 4 unspecified atom stereocenters. The number of amides is 1. The van der Waals surface area contributed by atoms with E-state index in [-0.39, 0.29) is 18.9 Å². The molecular weight excluding hydrogens is 302 g/mol. The van der Waals surface area contributed by atoms with E-state index in [2.05, 4.69) is 24.5 Å². The molecule has 0 spiro atoms. The molecule has 1 fully saturated rings. The third-order valence-electron chi connectivity index (χ3n) is 3.19. The lowest BCUT2D eigenvalue weighted by Crippen LogP contribution is -2.53. The highest BCUT2D eigenvalue weighted by Crippen LogP contribution is 2.24. The van der Waals surface area contributed by atoms with Crippen molar-refractivity contribution in [3.63, 3.8) is 0 Å². The molecule has 0 aromatic carbocycles. The first kappa shape index (κ1) is 21.5. The lowest BCUT2D eigenvalue weighted by molar-refractivity contribution is -0.210. The Hall–Kier alpha value is -1.48. The van der Waals surface area contributed by atoms with Crippen LogP contribution in [0.5, 0.6) is 0 Å². The molecule has 1 amide bonds. The second-order valence-corrected chi connectivity index (χ2v) is 5.46. The van der Waals surface area contributed by atoms with E-state index in [0.717, 1.165) is 18.4 Å². The van der Waals surface area contributed by atoms with Gasteiger partial charge in [-0.3, -0.25) is 4.79 Å². The fourth-order valence-electron chi connectivity index (χ4n) is 2.15. The van der Waals surface area contributed by atoms with Crippen LogP contribution in [0.25, 0.3) is 0 Å². The highest BCUT2D eigenvalue weighted by molar-refractivity contribution is 5.70. The van der Waals surface area contributed by atoms with Crippen molar-refractivity contribution >= 4 is 12.6 Å². The number of hydrazone groups is 1. The number of nitrogens with zero attached hydrogens (tertiary/aromatic N) is 2. The average molecular weight is 331 g/mol. The summed E-state index contributed by atoms with van der Waals surface area (Å²) >= 11 is 0. The highest BCUT2D eigenvalue weighted by Gasteiger charge is 2.38. The molecule has 8 heteroatoms. The Morgan fingerprint density at radius 2 is 2.04 bits per heavy atom. The normalized spacial score (nSPS) is 27.7. The quantitative estimate of drug-likeness (QED) is 0.398. The summed E-state index contributed by atoms with van der Waals surface area (Å²) < 4.78 is 5.54. The largest absolute Gasteiger partial charge is 0.394 e. The fraction of sp³-hybridized carbons (Fsp3) is 0.733. The van der Waals surface area contributed by atoms with Gasteiger partial charge in [-0.2, -0.15) is 5.10 Å². The molecule has 1 heterocycles. The summed E-state index contributed by atoms with van der Waals surface area (Å²) in [5.74, 6) is -0.333. The van der Waals surface area contributed by atoms with Crippen molar-refractivity contribution < 1.29 is 24.9 Å². The number of allylic oxidation sites excluding steroid dienone is 1. The van der Waals surface area contributed by atoms with E-state index in [1.54, 1.807) is 0 Å². The molecule has 134 valence electrons. The summed E-state index contributed by atoms with van der Waals surface area (Å²) in [6.45, 7) is 8.52. The first-order valence-electron chi connectivity index (χ1n) is 7.57. The summed E-state index contributed by atoms with van der Waals surface area (Å²) in [5, 5.41) is 34.0. The fourth-order valence-corrected chi connectivity index (χ4v) is 2.15. The average Bonchev–Trinajstić information content (AvgIpc) is 2.47. The van der Waals surface area contributed by atoms with Crippen molar-refractivity contribution in [3.8, 4) is 0 Å². The Balaban J connectivity index is 0.00000108. The van der Waals surface area contributed by atoms with Crippen LogP contribution in [0.1, 0.15) is 40.0 Å². The highest BCUT2D eigenvalue weighted by atomic mass is 16.5. The lowest BCUT2D eigenvalue weighted by Gasteiger charge is -2.39. The maximum atomic E-state index is 9.78. The van der Waals surface area contributed by atoms with E-state index in [4.69, 9.17) is 9.84 Å². The Labute approximate surface area is 137 Å². The van der Waals surface area contributed by atoms with Gasteiger partial charge in [-0.15, -0.1) is 0 Å². The number of rotatable bonds is 6. The molecule has 4 atom stereocenters. The van der Waals surface area contributed by atoms with E-state index in [0.29, 0.717) is 0 Å². The second-order valence-electron chi connectivity index (χ2n) is 5.46. The van der Waals surface area contributed by atoms with Crippen molar-refractivity contribution in [1.82, 2.24) is 5.01 Å². The van der Waals surface area contributed by atoms with Crippen LogP contribution in [0.2, 0.25) is 0 Å². The SMILES string of the molecule is C=NN(/C=C(/C)CCC)C1CC(O)C(O)C(CO)O1.CC(N)=O. The number of aliphatic hydroxyl groups excluding tert-OH is 3. The van der Waals surface area contributed by atoms with Crippen molar-refractivity contribution in [3.05, 3.63) is 11.8 Å². The maximum absolute atomic E-state index is 9.78. The molecule has 1 rings (SSSR count). The first-order chi connectivity index (χ1) is 10.8. The van der Waals surface area contributed by atoms with Crippen LogP contribution in [0, 0.1) is 0 Å². The lowest BCUT2D eigenvalue weighted by atomic mass is 10.0. The molecule has 0 bridgehead atoms. The van der Waals surface area contributed by atoms with Crippen molar-refractivity contribution in [2.24, 2.45) is 10.8 Å². The van der Waals surface area contributed by atoms with Crippen LogP contribution in [0.3, 0.4) is 0 Å². The number of primary amides is 1. The van der Waals surface area contributed by atoms with E-state index in [1.165, 1.54) is 11.9 Å². The number of hydrogen-bond donors (Lipinski definition) is 4. The Kier molecular flexibility index (Phi) is 10.4. The van der Waals surface area contributed by atoms with E-state index in [1.807, 2.05) is 13.1 Å². The van der Waals surface area contributed by atoms with Gasteiger partial charge >= 0.3 is 0 Å². The zero-order chi connectivity index (χ0) is 18.0. The van der Waals surface area contributed by atoms with Gasteiger partial charge in [-0.25, -0.2) is 5.01 Å². The molecule has 23 heavy (non-hydrogen) atoms. The predicted octanol–water partition coefficient (Wildman–Crippen LogP) is -0.0714. The van der Waals surface area contributed by atoms with Crippen molar-refractivity contribution in [2.75, 3.05) is 6.61 Å². The molecule has 8 nitrogen and oxygen atoms in total. The van der Waals surface area contributed by atoms with Crippen LogP contribution in [0.4, 0.5) is 0 Å². The summed E-state index contributed by atoms with van der Waals surface area (Å²) in [5.41, 5.74) is 5.60. The van der Waals surface area contributed by atoms with Gasteiger partial charge in [-0.05, 0) is 13.3 Å². The van der Waals surface area contributed by atoms with Crippen LogP contribution in [-0.2, 0) is 9.53 Å². The molecular formula is C15H29N3O5. The summed E-state index contributed by atoms with van der Waals surface area (Å²) in [6, 6.07) is 0. The number of carbonyl (C=O) groups excluding carboxylic acids is 1. The number of carbonyl (C=O) groups is 1. The minimum Gasteiger partial charge on any atom is -0.394 e. The van der Waals surface area contributed by atoms with E-state index >= 15 is 0 Å². The zero-order valence-corrected chi connectivity index (χ0v) is 14.1. The van der Waals surface area contributed by atoms with Gasteiger partial charge in [0.1, 0.15) is 12.2 Å². The van der Waals surface area contributed by atoms with Gasteiger partial charge in [0.05, 0.1) is 12.7 Å². The maximum Gasteiger partial charge on any atom is 0.214 e. The molecule has 0 aromatic heterocycles. The molecule has 0 radical (unpaired) electrons. The van der Waals surface area contributed by atoms with Gasteiger partial charge in [0, 0.05) is 26.3 Å².